The minimum absolute atomic E-state index is 1.23. The summed E-state index contributed by atoms with van der Waals surface area (Å²) in [7, 11) is 11.4. The molecule has 10 aromatic rings. The highest BCUT2D eigenvalue weighted by Crippen LogP contribution is 2.44. The van der Waals surface area contributed by atoms with E-state index >= 15 is 0 Å². The predicted molar refractivity (Wildman–Crippen MR) is 262 cm³/mol. The molecule has 0 atom stereocenters. The van der Waals surface area contributed by atoms with Crippen molar-refractivity contribution in [3.8, 4) is 55.6 Å². The van der Waals surface area contributed by atoms with Crippen LogP contribution in [0.2, 0.25) is 0 Å². The lowest BCUT2D eigenvalue weighted by molar-refractivity contribution is 1.60. The molecule has 0 aliphatic rings. The van der Waals surface area contributed by atoms with Gasteiger partial charge in [0, 0.05) is 20.2 Å². The maximum atomic E-state index is 2.39. The third-order valence-corrected chi connectivity index (χ3v) is 13.6. The van der Waals surface area contributed by atoms with Gasteiger partial charge in [-0.1, -0.05) is 144 Å². The molecule has 258 valence electrons. The van der Waals surface area contributed by atoms with Gasteiger partial charge in [0.1, 0.15) is 39.2 Å². The van der Waals surface area contributed by atoms with Crippen LogP contribution in [-0.4, -0.2) is 39.2 Å². The fourth-order valence-electron chi connectivity index (χ4n) is 9.06. The molecule has 0 nitrogen and oxygen atoms in total. The topological polar surface area (TPSA) is 0 Å². The summed E-state index contributed by atoms with van der Waals surface area (Å²) in [5, 5.41) is 7.82. The molecule has 10 rings (SSSR count). The zero-order valence-corrected chi connectivity index (χ0v) is 33.3. The van der Waals surface area contributed by atoms with Crippen molar-refractivity contribution in [2.45, 2.75) is 0 Å². The van der Waals surface area contributed by atoms with E-state index in [9.17, 15) is 0 Å². The molecule has 0 aliphatic carbocycles. The van der Waals surface area contributed by atoms with Gasteiger partial charge in [-0.25, -0.2) is 0 Å². The average molecular weight is 724 g/mol. The Morgan fingerprint density at radius 2 is 0.625 bits per heavy atom. The van der Waals surface area contributed by atoms with Crippen molar-refractivity contribution in [3.05, 3.63) is 164 Å². The Morgan fingerprint density at radius 1 is 0.250 bits per heavy atom. The quantitative estimate of drug-likeness (QED) is 0.151. The lowest BCUT2D eigenvalue weighted by Crippen LogP contribution is -2.55. The summed E-state index contributed by atoms with van der Waals surface area (Å²) in [6.07, 6.45) is 0. The highest BCUT2D eigenvalue weighted by molar-refractivity contribution is 7.25. The first kappa shape index (κ1) is 34.5. The van der Waals surface area contributed by atoms with Crippen LogP contribution in [-0.2, 0) is 0 Å². The van der Waals surface area contributed by atoms with Crippen molar-refractivity contribution < 1.29 is 0 Å². The van der Waals surface area contributed by atoms with Crippen molar-refractivity contribution in [2.75, 3.05) is 0 Å². The van der Waals surface area contributed by atoms with Crippen LogP contribution in [0.5, 0.6) is 0 Å². The molecule has 1 aromatic heterocycles. The van der Waals surface area contributed by atoms with Gasteiger partial charge < -0.3 is 0 Å². The second kappa shape index (κ2) is 13.7. The molecular weight excluding hydrogens is 687 g/mol. The first-order valence-corrected chi connectivity index (χ1v) is 20.4. The van der Waals surface area contributed by atoms with Gasteiger partial charge in [-0.3, -0.25) is 0 Å². The standard InChI is InChI=1S/C50H37B5S/c51-46-45(47(52)49(54)50(55)48(46)53)44-37-15-6-4-13-35(37)43(36-14-5-7-16-38(36)44)30-19-17-29(18-20-30)33-21-23-41-39(26-33)40-27-34(22-24-42(40)56-41)32-12-8-11-31(25-32)28-9-2-1-3-10-28/h1-27H,51-55H2. The molecule has 0 fully saturated rings. The highest BCUT2D eigenvalue weighted by atomic mass is 32.1. The van der Waals surface area contributed by atoms with E-state index in [1.807, 2.05) is 11.3 Å². The highest BCUT2D eigenvalue weighted by Gasteiger charge is 2.21. The molecule has 1 heterocycles. The van der Waals surface area contributed by atoms with Gasteiger partial charge in [0.2, 0.25) is 0 Å². The molecule has 0 N–H and O–H groups in total. The summed E-state index contributed by atoms with van der Waals surface area (Å²) in [5.41, 5.74) is 19.6. The Hall–Kier alpha value is -5.96. The van der Waals surface area contributed by atoms with Crippen LogP contribution in [0.1, 0.15) is 0 Å². The van der Waals surface area contributed by atoms with Gasteiger partial charge in [-0.15, -0.1) is 27.7 Å². The summed E-state index contributed by atoms with van der Waals surface area (Å²) in [5.74, 6) is 0. The molecule has 9 aromatic carbocycles. The van der Waals surface area contributed by atoms with Crippen molar-refractivity contribution in [1.82, 2.24) is 0 Å². The van der Waals surface area contributed by atoms with Crippen molar-refractivity contribution in [3.63, 3.8) is 0 Å². The minimum atomic E-state index is 1.23. The summed E-state index contributed by atoms with van der Waals surface area (Å²) in [6.45, 7) is 0. The summed E-state index contributed by atoms with van der Waals surface area (Å²) < 4.78 is 2.64. The Kier molecular flexibility index (Phi) is 8.42. The fourth-order valence-corrected chi connectivity index (χ4v) is 10.1. The van der Waals surface area contributed by atoms with E-state index < -0.39 is 0 Å². The summed E-state index contributed by atoms with van der Waals surface area (Å²) in [4.78, 5) is 0. The maximum absolute atomic E-state index is 2.39. The lowest BCUT2D eigenvalue weighted by Gasteiger charge is -2.24. The zero-order valence-electron chi connectivity index (χ0n) is 32.5. The van der Waals surface area contributed by atoms with Gasteiger partial charge in [0.05, 0.1) is 0 Å². The first-order valence-electron chi connectivity index (χ1n) is 19.6. The average Bonchev–Trinajstić information content (AvgIpc) is 3.62. The Bertz CT molecular complexity index is 3100. The van der Waals surface area contributed by atoms with Gasteiger partial charge in [0.15, 0.2) is 0 Å². The van der Waals surface area contributed by atoms with Crippen molar-refractivity contribution in [1.29, 1.82) is 0 Å². The van der Waals surface area contributed by atoms with Crippen LogP contribution in [0, 0.1) is 0 Å². The number of thiophene rings is 1. The van der Waals surface area contributed by atoms with E-state index in [1.54, 1.807) is 0 Å². The van der Waals surface area contributed by atoms with E-state index in [-0.39, 0.29) is 0 Å². The van der Waals surface area contributed by atoms with E-state index in [0.29, 0.717) is 0 Å². The second-order valence-corrected chi connectivity index (χ2v) is 16.5. The smallest absolute Gasteiger partial charge is 0.135 e. The van der Waals surface area contributed by atoms with E-state index in [2.05, 4.69) is 203 Å². The molecular formula is C50H37B5S. The monoisotopic (exact) mass is 724 g/mol. The third kappa shape index (κ3) is 5.58. The van der Waals surface area contributed by atoms with Crippen LogP contribution in [0.4, 0.5) is 0 Å². The molecule has 56 heavy (non-hydrogen) atoms. The molecule has 0 spiro atoms. The van der Waals surface area contributed by atoms with Gasteiger partial charge in [-0.05, 0) is 108 Å². The second-order valence-electron chi connectivity index (χ2n) is 15.4. The molecule has 0 radical (unpaired) electrons. The van der Waals surface area contributed by atoms with Crippen LogP contribution >= 0.6 is 11.3 Å². The number of benzene rings is 9. The first-order chi connectivity index (χ1) is 27.4. The van der Waals surface area contributed by atoms with Crippen molar-refractivity contribution in [2.24, 2.45) is 0 Å². The van der Waals surface area contributed by atoms with Gasteiger partial charge >= 0.3 is 0 Å². The van der Waals surface area contributed by atoms with Crippen LogP contribution in [0.15, 0.2) is 164 Å². The van der Waals surface area contributed by atoms with Gasteiger partial charge in [0.25, 0.3) is 0 Å². The number of fused-ring (bicyclic) bond motifs is 5. The van der Waals surface area contributed by atoms with Crippen LogP contribution < -0.4 is 27.3 Å². The maximum Gasteiger partial charge on any atom is 0.139 e. The molecule has 0 unspecified atom stereocenters. The van der Waals surface area contributed by atoms with Gasteiger partial charge in [-0.2, -0.15) is 0 Å². The summed E-state index contributed by atoms with van der Waals surface area (Å²) >= 11 is 1.87. The SMILES string of the molecule is Bc1c(B)c(B)c(-c2c3ccccc3c(-c3ccc(-c4ccc5sc6ccc(-c7cccc(-c8ccccc8)c7)cc6c5c4)cc3)c3ccccc23)c(B)c1B. The predicted octanol–water partition coefficient (Wildman–Crippen LogP) is 5.99. The zero-order chi connectivity index (χ0) is 38.1. The van der Waals surface area contributed by atoms with E-state index in [1.165, 1.54) is 125 Å². The third-order valence-electron chi connectivity index (χ3n) is 12.5. The molecule has 0 aliphatic heterocycles. The van der Waals surface area contributed by atoms with E-state index in [0.717, 1.165) is 0 Å². The number of rotatable bonds is 5. The number of hydrogen-bond acceptors (Lipinski definition) is 1. The molecule has 0 bridgehead atoms. The largest absolute Gasteiger partial charge is 0.139 e. The normalized spacial score (nSPS) is 11.6. The Morgan fingerprint density at radius 3 is 1.18 bits per heavy atom. The van der Waals surface area contributed by atoms with Crippen LogP contribution in [0.25, 0.3) is 97.4 Å². The molecule has 0 saturated heterocycles. The molecule has 6 heteroatoms. The lowest BCUT2D eigenvalue weighted by atomic mass is 9.59. The molecule has 0 saturated carbocycles. The van der Waals surface area contributed by atoms with Crippen molar-refractivity contribution >= 4 is 120 Å². The Balaban J connectivity index is 1.07. The fraction of sp³-hybridized carbons (Fsp3) is 0. The minimum Gasteiger partial charge on any atom is -0.135 e. The summed E-state index contributed by atoms with van der Waals surface area (Å²) in [6, 6.07) is 60.8. The van der Waals surface area contributed by atoms with Crippen LogP contribution in [0.3, 0.4) is 0 Å². The Labute approximate surface area is 337 Å². The number of hydrogen-bond donors (Lipinski definition) is 0. The van der Waals surface area contributed by atoms with E-state index in [4.69, 9.17) is 0 Å². The molecule has 0 amide bonds.